The van der Waals surface area contributed by atoms with Crippen molar-refractivity contribution in [2.24, 2.45) is 5.73 Å². The summed E-state index contributed by atoms with van der Waals surface area (Å²) in [6, 6.07) is 5.77. The lowest BCUT2D eigenvalue weighted by Gasteiger charge is -2.18. The first-order valence-corrected chi connectivity index (χ1v) is 7.94. The van der Waals surface area contributed by atoms with E-state index in [1.807, 2.05) is 25.1 Å². The van der Waals surface area contributed by atoms with Crippen LogP contribution in [0.5, 0.6) is 11.5 Å². The molecule has 0 radical (unpaired) electrons. The van der Waals surface area contributed by atoms with Crippen molar-refractivity contribution >= 4 is 5.91 Å². The summed E-state index contributed by atoms with van der Waals surface area (Å²) >= 11 is 0. The zero-order valence-electron chi connectivity index (χ0n) is 14.0. The topological polar surface area (TPSA) is 82.8 Å². The molecule has 0 aromatic heterocycles. The van der Waals surface area contributed by atoms with Crippen LogP contribution in [0.25, 0.3) is 0 Å². The maximum Gasteiger partial charge on any atom is 0.249 e. The maximum atomic E-state index is 12.2. The molecule has 1 aromatic carbocycles. The van der Waals surface area contributed by atoms with Crippen molar-refractivity contribution in [1.82, 2.24) is 5.32 Å². The molecular weight excluding hydrogens is 296 g/mol. The van der Waals surface area contributed by atoms with Gasteiger partial charge in [-0.25, -0.2) is 0 Å². The Morgan fingerprint density at radius 2 is 2.09 bits per heavy atom. The average Bonchev–Trinajstić information content (AvgIpc) is 3.03. The summed E-state index contributed by atoms with van der Waals surface area (Å²) in [6.45, 7) is 2.44. The number of nitrogens with one attached hydrogen (secondary N) is 1. The Hall–Kier alpha value is -1.79. The highest BCUT2D eigenvalue weighted by Gasteiger charge is 2.30. The monoisotopic (exact) mass is 322 g/mol. The highest BCUT2D eigenvalue weighted by molar-refractivity contribution is 5.81. The Labute approximate surface area is 137 Å². The fourth-order valence-electron chi connectivity index (χ4n) is 2.82. The molecule has 3 atom stereocenters. The quantitative estimate of drug-likeness (QED) is 0.789. The van der Waals surface area contributed by atoms with Crippen LogP contribution in [0.4, 0.5) is 0 Å². The van der Waals surface area contributed by atoms with Gasteiger partial charge in [0.05, 0.1) is 20.3 Å². The number of benzene rings is 1. The molecule has 23 heavy (non-hydrogen) atoms. The van der Waals surface area contributed by atoms with Gasteiger partial charge in [-0.15, -0.1) is 0 Å². The van der Waals surface area contributed by atoms with E-state index in [0.717, 1.165) is 18.4 Å². The normalized spacial score (nSPS) is 21.7. The number of carbonyl (C=O) groups is 1. The van der Waals surface area contributed by atoms with Crippen LogP contribution in [0.15, 0.2) is 18.2 Å². The Kier molecular flexibility index (Phi) is 6.24. The average molecular weight is 322 g/mol. The van der Waals surface area contributed by atoms with E-state index in [1.165, 1.54) is 0 Å². The number of amides is 1. The van der Waals surface area contributed by atoms with Crippen molar-refractivity contribution in [2.75, 3.05) is 20.8 Å². The first kappa shape index (κ1) is 17.6. The minimum absolute atomic E-state index is 0.00104. The summed E-state index contributed by atoms with van der Waals surface area (Å²) in [7, 11) is 3.22. The van der Waals surface area contributed by atoms with Gasteiger partial charge in [-0.3, -0.25) is 4.79 Å². The molecule has 1 aromatic rings. The molecule has 0 spiro atoms. The van der Waals surface area contributed by atoms with Crippen LogP contribution in [0.2, 0.25) is 0 Å². The summed E-state index contributed by atoms with van der Waals surface area (Å²) in [5.41, 5.74) is 6.64. The third kappa shape index (κ3) is 4.59. The van der Waals surface area contributed by atoms with Gasteiger partial charge in [-0.05, 0) is 43.9 Å². The summed E-state index contributed by atoms with van der Waals surface area (Å²) in [4.78, 5) is 12.2. The second kappa shape index (κ2) is 8.17. The number of hydrogen-bond donors (Lipinski definition) is 2. The van der Waals surface area contributed by atoms with Crippen molar-refractivity contribution in [3.8, 4) is 11.5 Å². The number of nitrogens with two attached hydrogens (primary N) is 1. The molecule has 1 aliphatic rings. The number of ether oxygens (including phenoxy) is 3. The van der Waals surface area contributed by atoms with Gasteiger partial charge in [0.1, 0.15) is 6.10 Å². The molecule has 0 aliphatic carbocycles. The highest BCUT2D eigenvalue weighted by Crippen LogP contribution is 2.28. The van der Waals surface area contributed by atoms with Gasteiger partial charge in [0.15, 0.2) is 11.5 Å². The van der Waals surface area contributed by atoms with Crippen LogP contribution in [-0.2, 0) is 16.0 Å². The van der Waals surface area contributed by atoms with Gasteiger partial charge in [-0.1, -0.05) is 6.07 Å². The molecular formula is C17H26N2O4. The largest absolute Gasteiger partial charge is 0.493 e. The summed E-state index contributed by atoms with van der Waals surface area (Å²) in [6.07, 6.45) is 1.91. The Morgan fingerprint density at radius 1 is 1.35 bits per heavy atom. The lowest BCUT2D eigenvalue weighted by molar-refractivity contribution is -0.132. The third-order valence-corrected chi connectivity index (χ3v) is 4.04. The van der Waals surface area contributed by atoms with Gasteiger partial charge in [0.2, 0.25) is 5.91 Å². The minimum Gasteiger partial charge on any atom is -0.493 e. The predicted octanol–water partition coefficient (Wildman–Crippen LogP) is 1.26. The molecule has 0 bridgehead atoms. The van der Waals surface area contributed by atoms with Gasteiger partial charge in [0.25, 0.3) is 0 Å². The van der Waals surface area contributed by atoms with E-state index in [1.54, 1.807) is 14.2 Å². The van der Waals surface area contributed by atoms with Crippen molar-refractivity contribution in [3.05, 3.63) is 23.8 Å². The third-order valence-electron chi connectivity index (χ3n) is 4.04. The van der Waals surface area contributed by atoms with Crippen molar-refractivity contribution in [3.63, 3.8) is 0 Å². The fourth-order valence-corrected chi connectivity index (χ4v) is 2.82. The molecule has 1 heterocycles. The molecule has 3 N–H and O–H groups in total. The van der Waals surface area contributed by atoms with Gasteiger partial charge < -0.3 is 25.3 Å². The standard InChI is InChI=1S/C17H26N2O4/c1-11(19-17(20)15-7-5-13(10-18)23-15)8-12-4-6-14(21-2)16(9-12)22-3/h4,6,9,11,13,15H,5,7-8,10,18H2,1-3H3,(H,19,20)/t11?,13-,15+/m1/s1. The Balaban J connectivity index is 1.89. The lowest BCUT2D eigenvalue weighted by Crippen LogP contribution is -2.41. The molecule has 6 heteroatoms. The smallest absolute Gasteiger partial charge is 0.249 e. The number of rotatable bonds is 7. The van der Waals surface area contributed by atoms with Gasteiger partial charge in [0, 0.05) is 12.6 Å². The van der Waals surface area contributed by atoms with E-state index in [-0.39, 0.29) is 24.2 Å². The van der Waals surface area contributed by atoms with Crippen LogP contribution >= 0.6 is 0 Å². The number of hydrogen-bond acceptors (Lipinski definition) is 5. The molecule has 1 fully saturated rings. The van der Waals surface area contributed by atoms with Crippen molar-refractivity contribution < 1.29 is 19.0 Å². The highest BCUT2D eigenvalue weighted by atomic mass is 16.5. The molecule has 1 saturated heterocycles. The summed E-state index contributed by atoms with van der Waals surface area (Å²) in [5, 5.41) is 3.00. The summed E-state index contributed by atoms with van der Waals surface area (Å²) in [5.74, 6) is 1.32. The number of carbonyl (C=O) groups excluding carboxylic acids is 1. The second-order valence-electron chi connectivity index (χ2n) is 5.86. The first-order valence-electron chi connectivity index (χ1n) is 7.94. The van der Waals surface area contributed by atoms with Crippen molar-refractivity contribution in [2.45, 2.75) is 44.4 Å². The van der Waals surface area contributed by atoms with Crippen molar-refractivity contribution in [1.29, 1.82) is 0 Å². The zero-order valence-corrected chi connectivity index (χ0v) is 14.0. The summed E-state index contributed by atoms with van der Waals surface area (Å²) < 4.78 is 16.1. The van der Waals surface area contributed by atoms with Gasteiger partial charge in [-0.2, -0.15) is 0 Å². The van der Waals surface area contributed by atoms with E-state index < -0.39 is 0 Å². The Bertz CT molecular complexity index is 535. The first-order chi connectivity index (χ1) is 11.1. The zero-order chi connectivity index (χ0) is 16.8. The van der Waals surface area contributed by atoms with E-state index in [4.69, 9.17) is 19.9 Å². The minimum atomic E-state index is -0.378. The molecule has 1 aliphatic heterocycles. The van der Waals surface area contributed by atoms with Crippen LogP contribution < -0.4 is 20.5 Å². The SMILES string of the molecule is COc1ccc(CC(C)NC(=O)[C@@H]2CC[C@H](CN)O2)cc1OC. The lowest BCUT2D eigenvalue weighted by atomic mass is 10.1. The predicted molar refractivity (Wildman–Crippen MR) is 87.8 cm³/mol. The van der Waals surface area contributed by atoms with Crippen LogP contribution in [0.3, 0.4) is 0 Å². The molecule has 6 nitrogen and oxygen atoms in total. The molecule has 1 unspecified atom stereocenters. The maximum absolute atomic E-state index is 12.2. The Morgan fingerprint density at radius 3 is 2.70 bits per heavy atom. The second-order valence-corrected chi connectivity index (χ2v) is 5.86. The van der Waals surface area contributed by atoms with E-state index >= 15 is 0 Å². The van der Waals surface area contributed by atoms with E-state index in [2.05, 4.69) is 5.32 Å². The molecule has 0 saturated carbocycles. The van der Waals surface area contributed by atoms with Crippen LogP contribution in [0, 0.1) is 0 Å². The molecule has 2 rings (SSSR count). The molecule has 128 valence electrons. The van der Waals surface area contributed by atoms with Gasteiger partial charge >= 0.3 is 0 Å². The van der Waals surface area contributed by atoms with Crippen LogP contribution in [-0.4, -0.2) is 44.9 Å². The fraction of sp³-hybridized carbons (Fsp3) is 0.588. The van der Waals surface area contributed by atoms with E-state index in [0.29, 0.717) is 24.5 Å². The molecule has 1 amide bonds. The number of methoxy groups -OCH3 is 2. The van der Waals surface area contributed by atoms with E-state index in [9.17, 15) is 4.79 Å². The van der Waals surface area contributed by atoms with Crippen LogP contribution in [0.1, 0.15) is 25.3 Å².